The first-order valence-electron chi connectivity index (χ1n) is 5.93. The van der Waals surface area contributed by atoms with Crippen LogP contribution < -0.4 is 10.1 Å². The van der Waals surface area contributed by atoms with Crippen LogP contribution in [0.15, 0.2) is 18.2 Å². The van der Waals surface area contributed by atoms with Crippen molar-refractivity contribution in [1.29, 1.82) is 5.26 Å². The van der Waals surface area contributed by atoms with Gasteiger partial charge >= 0.3 is 0 Å². The number of nitro groups is 1. The van der Waals surface area contributed by atoms with Gasteiger partial charge in [0.25, 0.3) is 11.6 Å². The summed E-state index contributed by atoms with van der Waals surface area (Å²) in [5.41, 5.74) is -1.02. The number of nitrogens with one attached hydrogen (secondary N) is 1. The van der Waals surface area contributed by atoms with Crippen LogP contribution in [0.25, 0.3) is 0 Å². The number of nitrogens with zero attached hydrogens (tertiary/aromatic N) is 2. The molecule has 0 bridgehead atoms. The molecule has 1 amide bonds. The molecule has 0 heterocycles. The van der Waals surface area contributed by atoms with E-state index in [0.29, 0.717) is 6.42 Å². The Labute approximate surface area is 116 Å². The second-order valence-electron chi connectivity index (χ2n) is 4.39. The zero-order valence-corrected chi connectivity index (χ0v) is 11.5. The predicted octanol–water partition coefficient (Wildman–Crippen LogP) is 2.03. The number of methoxy groups -OCH3 is 1. The van der Waals surface area contributed by atoms with E-state index in [2.05, 4.69) is 5.32 Å². The van der Waals surface area contributed by atoms with Gasteiger partial charge in [-0.1, -0.05) is 6.92 Å². The lowest BCUT2D eigenvalue weighted by molar-refractivity contribution is -0.384. The Balaban J connectivity index is 3.11. The molecule has 0 aliphatic rings. The maximum atomic E-state index is 12.1. The number of nitro benzene ring substituents is 1. The Bertz CT molecular complexity index is 579. The molecule has 7 heteroatoms. The van der Waals surface area contributed by atoms with E-state index in [0.717, 1.165) is 0 Å². The normalized spacial score (nSPS) is 12.9. The number of ether oxygens (including phenoxy) is 1. The summed E-state index contributed by atoms with van der Waals surface area (Å²) in [7, 11) is 1.32. The zero-order valence-electron chi connectivity index (χ0n) is 11.5. The average Bonchev–Trinajstić information content (AvgIpc) is 2.46. The summed E-state index contributed by atoms with van der Waals surface area (Å²) in [6.07, 6.45) is 0.435. The highest BCUT2D eigenvalue weighted by Crippen LogP contribution is 2.25. The standard InChI is InChI=1S/C13H15N3O4/c1-4-13(2,8-14)15-12(17)10-6-5-9(16(18)19)7-11(10)20-3/h5-7H,4H2,1-3H3,(H,15,17). The van der Waals surface area contributed by atoms with Crippen molar-refractivity contribution in [3.8, 4) is 11.8 Å². The van der Waals surface area contributed by atoms with Gasteiger partial charge in [-0.25, -0.2) is 0 Å². The van der Waals surface area contributed by atoms with E-state index in [4.69, 9.17) is 10.00 Å². The first-order valence-corrected chi connectivity index (χ1v) is 5.93. The topological polar surface area (TPSA) is 105 Å². The molecule has 1 rings (SSSR count). The Kier molecular flexibility index (Phi) is 4.64. The number of carbonyl (C=O) groups excluding carboxylic acids is 1. The third-order valence-corrected chi connectivity index (χ3v) is 2.98. The lowest BCUT2D eigenvalue weighted by Crippen LogP contribution is -2.44. The fourth-order valence-electron chi connectivity index (χ4n) is 1.49. The SMILES string of the molecule is CCC(C)(C#N)NC(=O)c1ccc([N+](=O)[O-])cc1OC. The molecule has 20 heavy (non-hydrogen) atoms. The molecule has 7 nitrogen and oxygen atoms in total. The number of amides is 1. The molecule has 1 unspecified atom stereocenters. The number of non-ortho nitro benzene ring substituents is 1. The fraction of sp³-hybridized carbons (Fsp3) is 0.385. The minimum Gasteiger partial charge on any atom is -0.496 e. The van der Waals surface area contributed by atoms with Crippen LogP contribution >= 0.6 is 0 Å². The molecule has 1 atom stereocenters. The van der Waals surface area contributed by atoms with E-state index >= 15 is 0 Å². The van der Waals surface area contributed by atoms with Gasteiger partial charge in [-0.3, -0.25) is 14.9 Å². The van der Waals surface area contributed by atoms with Crippen LogP contribution in [0.5, 0.6) is 5.75 Å². The van der Waals surface area contributed by atoms with Crippen molar-refractivity contribution in [3.05, 3.63) is 33.9 Å². The van der Waals surface area contributed by atoms with E-state index in [-0.39, 0.29) is 17.0 Å². The minimum absolute atomic E-state index is 0.0908. The molecule has 0 aliphatic carbocycles. The van der Waals surface area contributed by atoms with Crippen molar-refractivity contribution in [3.63, 3.8) is 0 Å². The second-order valence-corrected chi connectivity index (χ2v) is 4.39. The van der Waals surface area contributed by atoms with Gasteiger partial charge in [-0.2, -0.15) is 5.26 Å². The van der Waals surface area contributed by atoms with Crippen LogP contribution in [0.1, 0.15) is 30.6 Å². The summed E-state index contributed by atoms with van der Waals surface area (Å²) in [4.78, 5) is 22.2. The highest BCUT2D eigenvalue weighted by atomic mass is 16.6. The first kappa shape index (κ1) is 15.4. The fourth-order valence-corrected chi connectivity index (χ4v) is 1.49. The Morgan fingerprint density at radius 2 is 2.25 bits per heavy atom. The maximum absolute atomic E-state index is 12.1. The molecule has 0 aliphatic heterocycles. The maximum Gasteiger partial charge on any atom is 0.273 e. The molecule has 1 aromatic carbocycles. The van der Waals surface area contributed by atoms with Gasteiger partial charge < -0.3 is 10.1 Å². The zero-order chi connectivity index (χ0) is 15.3. The van der Waals surface area contributed by atoms with Crippen LogP contribution in [0.4, 0.5) is 5.69 Å². The molecule has 0 saturated carbocycles. The van der Waals surface area contributed by atoms with Crippen LogP contribution in [0.2, 0.25) is 0 Å². The predicted molar refractivity (Wildman–Crippen MR) is 71.4 cm³/mol. The van der Waals surface area contributed by atoms with E-state index in [9.17, 15) is 14.9 Å². The monoisotopic (exact) mass is 277 g/mol. The lowest BCUT2D eigenvalue weighted by atomic mass is 10.0. The molecule has 1 aromatic rings. The summed E-state index contributed by atoms with van der Waals surface area (Å²) in [5.74, 6) is -0.421. The van der Waals surface area contributed by atoms with Gasteiger partial charge in [0.1, 0.15) is 11.3 Å². The lowest BCUT2D eigenvalue weighted by Gasteiger charge is -2.21. The molecule has 1 N–H and O–H groups in total. The molecule has 106 valence electrons. The van der Waals surface area contributed by atoms with Crippen molar-refractivity contribution in [2.24, 2.45) is 0 Å². The number of hydrogen-bond donors (Lipinski definition) is 1. The quantitative estimate of drug-likeness (QED) is 0.654. The molecule has 0 spiro atoms. The largest absolute Gasteiger partial charge is 0.496 e. The van der Waals surface area contributed by atoms with E-state index in [1.54, 1.807) is 13.8 Å². The summed E-state index contributed by atoms with van der Waals surface area (Å²) >= 11 is 0. The van der Waals surface area contributed by atoms with Crippen LogP contribution in [-0.4, -0.2) is 23.5 Å². The van der Waals surface area contributed by atoms with E-state index in [1.807, 2.05) is 6.07 Å². The molecular formula is C13H15N3O4. The van der Waals surface area contributed by atoms with Gasteiger partial charge in [0.2, 0.25) is 0 Å². The Hall–Kier alpha value is -2.62. The minimum atomic E-state index is -0.996. The average molecular weight is 277 g/mol. The molecule has 0 saturated heterocycles. The van der Waals surface area contributed by atoms with E-state index < -0.39 is 16.4 Å². The summed E-state index contributed by atoms with van der Waals surface area (Å²) in [6, 6.07) is 5.71. The van der Waals surface area contributed by atoms with Crippen molar-refractivity contribution in [1.82, 2.24) is 5.32 Å². The van der Waals surface area contributed by atoms with Gasteiger partial charge in [0.05, 0.1) is 29.7 Å². The number of rotatable bonds is 5. The van der Waals surface area contributed by atoms with Crippen molar-refractivity contribution >= 4 is 11.6 Å². The van der Waals surface area contributed by atoms with Crippen LogP contribution in [-0.2, 0) is 0 Å². The summed E-state index contributed by atoms with van der Waals surface area (Å²) < 4.78 is 4.99. The second kappa shape index (κ2) is 6.02. The number of benzene rings is 1. The third kappa shape index (κ3) is 3.23. The van der Waals surface area contributed by atoms with E-state index in [1.165, 1.54) is 25.3 Å². The third-order valence-electron chi connectivity index (χ3n) is 2.98. The number of nitriles is 1. The number of carbonyl (C=O) groups is 1. The van der Waals surface area contributed by atoms with Gasteiger partial charge in [0, 0.05) is 6.07 Å². The van der Waals surface area contributed by atoms with Gasteiger partial charge in [-0.15, -0.1) is 0 Å². The summed E-state index contributed by atoms with van der Waals surface area (Å²) in [6.45, 7) is 3.37. The molecule has 0 fully saturated rings. The Morgan fingerprint density at radius 3 is 2.70 bits per heavy atom. The molecule has 0 aromatic heterocycles. The molecular weight excluding hydrogens is 262 g/mol. The Morgan fingerprint density at radius 1 is 1.60 bits per heavy atom. The summed E-state index contributed by atoms with van der Waals surface area (Å²) in [5, 5.41) is 22.3. The van der Waals surface area contributed by atoms with Crippen molar-refractivity contribution < 1.29 is 14.5 Å². The smallest absolute Gasteiger partial charge is 0.273 e. The highest BCUT2D eigenvalue weighted by Gasteiger charge is 2.26. The van der Waals surface area contributed by atoms with Crippen molar-refractivity contribution in [2.75, 3.05) is 7.11 Å². The van der Waals surface area contributed by atoms with Crippen molar-refractivity contribution in [2.45, 2.75) is 25.8 Å². The number of hydrogen-bond acceptors (Lipinski definition) is 5. The molecule has 0 radical (unpaired) electrons. The first-order chi connectivity index (χ1) is 9.36. The van der Waals surface area contributed by atoms with Gasteiger partial charge in [0.15, 0.2) is 0 Å². The van der Waals surface area contributed by atoms with Crippen LogP contribution in [0, 0.1) is 21.4 Å². The van der Waals surface area contributed by atoms with Crippen LogP contribution in [0.3, 0.4) is 0 Å². The highest BCUT2D eigenvalue weighted by molar-refractivity contribution is 5.97. The van der Waals surface area contributed by atoms with Gasteiger partial charge in [-0.05, 0) is 19.4 Å².